The molecular formula is C15H16N4O2S2. The maximum absolute atomic E-state index is 10.6. The van der Waals surface area contributed by atoms with Gasteiger partial charge in [-0.25, -0.2) is 9.97 Å². The van der Waals surface area contributed by atoms with Crippen molar-refractivity contribution in [3.63, 3.8) is 0 Å². The number of amides is 1. The van der Waals surface area contributed by atoms with E-state index in [2.05, 4.69) is 26.7 Å². The van der Waals surface area contributed by atoms with Crippen LogP contribution in [0, 0.1) is 0 Å². The lowest BCUT2D eigenvalue weighted by atomic mass is 10.3. The Hall–Kier alpha value is -2.32. The van der Waals surface area contributed by atoms with Gasteiger partial charge in [-0.1, -0.05) is 23.5 Å². The van der Waals surface area contributed by atoms with Crippen molar-refractivity contribution in [1.82, 2.24) is 9.97 Å². The summed E-state index contributed by atoms with van der Waals surface area (Å²) in [5.41, 5.74) is 1.76. The van der Waals surface area contributed by atoms with Gasteiger partial charge in [0.2, 0.25) is 5.91 Å². The molecule has 0 bridgehead atoms. The van der Waals surface area contributed by atoms with E-state index in [0.717, 1.165) is 16.9 Å². The highest BCUT2D eigenvalue weighted by molar-refractivity contribution is 7.22. The molecule has 1 aromatic carbocycles. The third-order valence-corrected chi connectivity index (χ3v) is 4.50. The molecule has 0 atom stereocenters. The van der Waals surface area contributed by atoms with E-state index < -0.39 is 0 Å². The molecule has 6 nitrogen and oxygen atoms in total. The normalized spacial score (nSPS) is 9.83. The Morgan fingerprint density at radius 1 is 1.26 bits per heavy atom. The van der Waals surface area contributed by atoms with Gasteiger partial charge in [0.05, 0.1) is 15.9 Å². The average Bonchev–Trinajstić information content (AvgIpc) is 3.14. The van der Waals surface area contributed by atoms with Crippen LogP contribution in [-0.4, -0.2) is 29.2 Å². The number of nitrogens with one attached hydrogen (secondary N) is 2. The van der Waals surface area contributed by atoms with Crippen LogP contribution in [0.2, 0.25) is 0 Å². The standard InChI is InChI=1S/C8H8N2S.C7H8N2O2S/c1-9-8-10-6-4-2-3-5-7(6)11-8;1-5(11)8-7-9-6(2-3-10)4-12-7/h2-5H,1H3,(H,9,10);3-4H,2H2,1H3,(H,8,9,11). The Labute approximate surface area is 141 Å². The van der Waals surface area contributed by atoms with Crippen molar-refractivity contribution in [2.75, 3.05) is 17.7 Å². The van der Waals surface area contributed by atoms with E-state index in [1.165, 1.54) is 23.0 Å². The zero-order chi connectivity index (χ0) is 16.7. The predicted octanol–water partition coefficient (Wildman–Crippen LogP) is 3.18. The molecule has 0 fully saturated rings. The molecule has 0 radical (unpaired) electrons. The lowest BCUT2D eigenvalue weighted by Gasteiger charge is -1.92. The van der Waals surface area contributed by atoms with Crippen LogP contribution >= 0.6 is 22.7 Å². The van der Waals surface area contributed by atoms with Crippen LogP contribution in [0.5, 0.6) is 0 Å². The number of nitrogens with zero attached hydrogens (tertiary/aromatic N) is 2. The summed E-state index contributed by atoms with van der Waals surface area (Å²) in [5.74, 6) is -0.151. The summed E-state index contributed by atoms with van der Waals surface area (Å²) < 4.78 is 1.23. The molecule has 2 aromatic heterocycles. The number of aldehydes is 1. The highest BCUT2D eigenvalue weighted by Crippen LogP contribution is 2.24. The minimum absolute atomic E-state index is 0.151. The average molecular weight is 348 g/mol. The quantitative estimate of drug-likeness (QED) is 0.708. The first-order chi connectivity index (χ1) is 11.1. The Bertz CT molecular complexity index is 764. The fraction of sp³-hybridized carbons (Fsp3) is 0.200. The molecule has 1 amide bonds. The van der Waals surface area contributed by atoms with E-state index in [-0.39, 0.29) is 5.91 Å². The highest BCUT2D eigenvalue weighted by atomic mass is 32.1. The third kappa shape index (κ3) is 5.11. The van der Waals surface area contributed by atoms with Crippen LogP contribution in [0.15, 0.2) is 29.6 Å². The van der Waals surface area contributed by atoms with Gasteiger partial charge in [0.25, 0.3) is 0 Å². The van der Waals surface area contributed by atoms with Gasteiger partial charge in [0.15, 0.2) is 10.3 Å². The first kappa shape index (κ1) is 17.0. The molecule has 0 aliphatic heterocycles. The second-order valence-electron chi connectivity index (χ2n) is 4.43. The fourth-order valence-electron chi connectivity index (χ4n) is 1.67. The van der Waals surface area contributed by atoms with Crippen LogP contribution in [0.4, 0.5) is 10.3 Å². The lowest BCUT2D eigenvalue weighted by molar-refractivity contribution is -0.114. The Kier molecular flexibility index (Phi) is 6.19. The molecule has 3 aromatic rings. The van der Waals surface area contributed by atoms with Crippen LogP contribution in [0.3, 0.4) is 0 Å². The molecule has 0 saturated carbocycles. The van der Waals surface area contributed by atoms with Gasteiger partial charge in [-0.2, -0.15) is 0 Å². The molecule has 2 heterocycles. The van der Waals surface area contributed by atoms with Crippen LogP contribution < -0.4 is 10.6 Å². The number of carbonyl (C=O) groups is 2. The molecule has 120 valence electrons. The molecule has 0 aliphatic carbocycles. The van der Waals surface area contributed by atoms with Gasteiger partial charge in [0.1, 0.15) is 6.29 Å². The zero-order valence-electron chi connectivity index (χ0n) is 12.7. The second kappa shape index (κ2) is 8.35. The summed E-state index contributed by atoms with van der Waals surface area (Å²) >= 11 is 2.99. The van der Waals surface area contributed by atoms with Crippen LogP contribution in [-0.2, 0) is 16.0 Å². The summed E-state index contributed by atoms with van der Waals surface area (Å²) in [6.45, 7) is 1.42. The summed E-state index contributed by atoms with van der Waals surface area (Å²) in [5, 5.41) is 8.83. The number of aromatic nitrogens is 2. The van der Waals surface area contributed by atoms with E-state index in [1.807, 2.05) is 25.2 Å². The molecule has 0 spiro atoms. The minimum Gasteiger partial charge on any atom is -0.365 e. The highest BCUT2D eigenvalue weighted by Gasteiger charge is 2.01. The van der Waals surface area contributed by atoms with E-state index >= 15 is 0 Å². The van der Waals surface area contributed by atoms with Gasteiger partial charge in [-0.3, -0.25) is 4.79 Å². The van der Waals surface area contributed by atoms with Gasteiger partial charge in [0, 0.05) is 25.8 Å². The topological polar surface area (TPSA) is 84.0 Å². The summed E-state index contributed by atoms with van der Waals surface area (Å²) in [7, 11) is 1.89. The van der Waals surface area contributed by atoms with Crippen molar-refractivity contribution in [3.8, 4) is 0 Å². The first-order valence-corrected chi connectivity index (χ1v) is 8.51. The number of hydrogen-bond donors (Lipinski definition) is 2. The Morgan fingerprint density at radius 2 is 2.04 bits per heavy atom. The second-order valence-corrected chi connectivity index (χ2v) is 6.32. The van der Waals surface area contributed by atoms with Gasteiger partial charge >= 0.3 is 0 Å². The smallest absolute Gasteiger partial charge is 0.223 e. The van der Waals surface area contributed by atoms with E-state index in [1.54, 1.807) is 16.7 Å². The molecular weight excluding hydrogens is 332 g/mol. The van der Waals surface area contributed by atoms with Crippen molar-refractivity contribution in [3.05, 3.63) is 35.3 Å². The van der Waals surface area contributed by atoms with E-state index in [9.17, 15) is 9.59 Å². The Balaban J connectivity index is 0.000000167. The minimum atomic E-state index is -0.151. The molecule has 3 rings (SSSR count). The number of anilines is 2. The van der Waals surface area contributed by atoms with Crippen LogP contribution in [0.1, 0.15) is 12.6 Å². The molecule has 23 heavy (non-hydrogen) atoms. The molecule has 0 unspecified atom stereocenters. The predicted molar refractivity (Wildman–Crippen MR) is 95.4 cm³/mol. The summed E-state index contributed by atoms with van der Waals surface area (Å²) in [4.78, 5) is 29.0. The molecule has 2 N–H and O–H groups in total. The number of thiazole rings is 2. The van der Waals surface area contributed by atoms with Crippen molar-refractivity contribution in [1.29, 1.82) is 0 Å². The number of hydrogen-bond acceptors (Lipinski definition) is 7. The van der Waals surface area contributed by atoms with Gasteiger partial charge in [-0.05, 0) is 12.1 Å². The van der Waals surface area contributed by atoms with Crippen molar-refractivity contribution < 1.29 is 9.59 Å². The van der Waals surface area contributed by atoms with E-state index in [4.69, 9.17) is 0 Å². The number of para-hydroxylation sites is 1. The van der Waals surface area contributed by atoms with Crippen molar-refractivity contribution in [2.45, 2.75) is 13.3 Å². The van der Waals surface area contributed by atoms with Crippen LogP contribution in [0.25, 0.3) is 10.2 Å². The summed E-state index contributed by atoms with van der Waals surface area (Å²) in [6.07, 6.45) is 1.09. The summed E-state index contributed by atoms with van der Waals surface area (Å²) in [6, 6.07) is 8.13. The SMILES string of the molecule is CC(=O)Nc1nc(CC=O)cs1.CNc1nc2ccccc2s1. The Morgan fingerprint density at radius 3 is 2.70 bits per heavy atom. The zero-order valence-corrected chi connectivity index (χ0v) is 14.3. The monoisotopic (exact) mass is 348 g/mol. The number of carbonyl (C=O) groups excluding carboxylic acids is 2. The fourth-order valence-corrected chi connectivity index (χ4v) is 3.26. The molecule has 0 aliphatic rings. The molecule has 0 saturated heterocycles. The lowest BCUT2D eigenvalue weighted by Crippen LogP contribution is -2.05. The largest absolute Gasteiger partial charge is 0.365 e. The number of rotatable bonds is 4. The molecule has 8 heteroatoms. The van der Waals surface area contributed by atoms with Gasteiger partial charge in [-0.15, -0.1) is 11.3 Å². The van der Waals surface area contributed by atoms with Crippen molar-refractivity contribution >= 4 is 55.3 Å². The van der Waals surface area contributed by atoms with Gasteiger partial charge < -0.3 is 15.4 Å². The van der Waals surface area contributed by atoms with Crippen molar-refractivity contribution in [2.24, 2.45) is 0 Å². The maximum atomic E-state index is 10.6. The number of fused-ring (bicyclic) bond motifs is 1. The van der Waals surface area contributed by atoms with E-state index in [0.29, 0.717) is 17.2 Å². The third-order valence-electron chi connectivity index (χ3n) is 2.63. The maximum Gasteiger partial charge on any atom is 0.223 e. The first-order valence-electron chi connectivity index (χ1n) is 6.81. The number of benzene rings is 1.